The van der Waals surface area contributed by atoms with Crippen molar-refractivity contribution >= 4 is 17.7 Å². The molecule has 2 rings (SSSR count). The average molecular weight is 245 g/mol. The molecule has 1 atom stereocenters. The number of hydrogen-bond acceptors (Lipinski definition) is 4. The van der Waals surface area contributed by atoms with Crippen LogP contribution in [0.15, 0.2) is 0 Å². The third kappa shape index (κ3) is 2.08. The molecule has 2 fully saturated rings. The van der Waals surface area contributed by atoms with Gasteiger partial charge in [0.15, 0.2) is 0 Å². The highest BCUT2D eigenvalue weighted by Crippen LogP contribution is 2.35. The SMILES string of the molecule is CC1COCCN1C1(C(=O)O)CCSCC1. The van der Waals surface area contributed by atoms with Gasteiger partial charge in [-0.3, -0.25) is 9.69 Å². The summed E-state index contributed by atoms with van der Waals surface area (Å²) in [4.78, 5) is 13.8. The topological polar surface area (TPSA) is 49.8 Å². The first-order valence-corrected chi connectivity index (χ1v) is 6.98. The Labute approximate surface area is 100 Å². The van der Waals surface area contributed by atoms with Gasteiger partial charge >= 0.3 is 5.97 Å². The number of rotatable bonds is 2. The van der Waals surface area contributed by atoms with Gasteiger partial charge in [0.2, 0.25) is 0 Å². The van der Waals surface area contributed by atoms with E-state index in [1.165, 1.54) is 0 Å². The summed E-state index contributed by atoms with van der Waals surface area (Å²) in [5.74, 6) is 1.26. The maximum atomic E-state index is 11.6. The molecule has 1 N–H and O–H groups in total. The van der Waals surface area contributed by atoms with E-state index in [-0.39, 0.29) is 6.04 Å². The Morgan fingerprint density at radius 3 is 2.75 bits per heavy atom. The lowest BCUT2D eigenvalue weighted by atomic mass is 9.88. The monoisotopic (exact) mass is 245 g/mol. The second kappa shape index (κ2) is 4.94. The molecule has 0 spiro atoms. The second-order valence-corrected chi connectivity index (χ2v) is 5.79. The van der Waals surface area contributed by atoms with E-state index >= 15 is 0 Å². The van der Waals surface area contributed by atoms with E-state index in [0.29, 0.717) is 13.2 Å². The van der Waals surface area contributed by atoms with E-state index < -0.39 is 11.5 Å². The Hall–Kier alpha value is -0.260. The highest BCUT2D eigenvalue weighted by Gasteiger charge is 2.47. The lowest BCUT2D eigenvalue weighted by Gasteiger charge is -2.47. The fourth-order valence-corrected chi connectivity index (χ4v) is 3.86. The van der Waals surface area contributed by atoms with Crippen LogP contribution in [-0.4, -0.2) is 58.8 Å². The molecule has 92 valence electrons. The number of nitrogens with zero attached hydrogens (tertiary/aromatic N) is 1. The number of carboxylic acids is 1. The number of carbonyl (C=O) groups is 1. The lowest BCUT2D eigenvalue weighted by molar-refractivity contribution is -0.159. The van der Waals surface area contributed by atoms with Crippen molar-refractivity contribution in [1.82, 2.24) is 4.90 Å². The maximum absolute atomic E-state index is 11.6. The smallest absolute Gasteiger partial charge is 0.324 e. The number of thioether (sulfide) groups is 1. The Morgan fingerprint density at radius 2 is 2.19 bits per heavy atom. The molecular formula is C11H19NO3S. The molecule has 2 saturated heterocycles. The van der Waals surface area contributed by atoms with Gasteiger partial charge in [-0.1, -0.05) is 0 Å². The van der Waals surface area contributed by atoms with Gasteiger partial charge < -0.3 is 9.84 Å². The van der Waals surface area contributed by atoms with Crippen molar-refractivity contribution < 1.29 is 14.6 Å². The van der Waals surface area contributed by atoms with E-state index in [1.807, 2.05) is 11.8 Å². The van der Waals surface area contributed by atoms with Crippen LogP contribution in [0, 0.1) is 0 Å². The Morgan fingerprint density at radius 1 is 1.50 bits per heavy atom. The van der Waals surface area contributed by atoms with Gasteiger partial charge in [-0.05, 0) is 31.3 Å². The first-order valence-electron chi connectivity index (χ1n) is 5.82. The van der Waals surface area contributed by atoms with Crippen molar-refractivity contribution in [3.05, 3.63) is 0 Å². The van der Waals surface area contributed by atoms with E-state index in [4.69, 9.17) is 4.74 Å². The van der Waals surface area contributed by atoms with Crippen molar-refractivity contribution in [2.75, 3.05) is 31.3 Å². The van der Waals surface area contributed by atoms with Crippen molar-refractivity contribution in [1.29, 1.82) is 0 Å². The predicted molar refractivity (Wildman–Crippen MR) is 63.9 cm³/mol. The zero-order chi connectivity index (χ0) is 11.6. The normalized spacial score (nSPS) is 31.2. The largest absolute Gasteiger partial charge is 0.480 e. The number of aliphatic carboxylic acids is 1. The number of carboxylic acid groups (broad SMARTS) is 1. The highest BCUT2D eigenvalue weighted by molar-refractivity contribution is 7.99. The fraction of sp³-hybridized carbons (Fsp3) is 0.909. The average Bonchev–Trinajstić information content (AvgIpc) is 2.30. The minimum atomic E-state index is -0.651. The Kier molecular flexibility index (Phi) is 3.77. The lowest BCUT2D eigenvalue weighted by Crippen LogP contribution is -2.62. The summed E-state index contributed by atoms with van der Waals surface area (Å²) in [5.41, 5.74) is -0.631. The van der Waals surface area contributed by atoms with Crippen molar-refractivity contribution in [3.8, 4) is 0 Å². The molecular weight excluding hydrogens is 226 g/mol. The molecule has 0 aromatic carbocycles. The molecule has 0 aromatic rings. The van der Waals surface area contributed by atoms with Gasteiger partial charge in [-0.25, -0.2) is 0 Å². The van der Waals surface area contributed by atoms with Crippen LogP contribution >= 0.6 is 11.8 Å². The van der Waals surface area contributed by atoms with Crippen LogP contribution in [0.1, 0.15) is 19.8 Å². The van der Waals surface area contributed by atoms with Gasteiger partial charge in [0.25, 0.3) is 0 Å². The number of hydrogen-bond donors (Lipinski definition) is 1. The third-order valence-corrected chi connectivity index (χ3v) is 4.62. The molecule has 0 saturated carbocycles. The molecule has 0 radical (unpaired) electrons. The molecule has 1 unspecified atom stereocenters. The molecule has 5 heteroatoms. The zero-order valence-corrected chi connectivity index (χ0v) is 10.5. The van der Waals surface area contributed by atoms with Crippen LogP contribution < -0.4 is 0 Å². The minimum absolute atomic E-state index is 0.216. The van der Waals surface area contributed by atoms with E-state index in [1.54, 1.807) is 0 Å². The maximum Gasteiger partial charge on any atom is 0.324 e. The van der Waals surface area contributed by atoms with Crippen LogP contribution in [-0.2, 0) is 9.53 Å². The Balaban J connectivity index is 2.19. The molecule has 2 heterocycles. The molecule has 0 aliphatic carbocycles. The summed E-state index contributed by atoms with van der Waals surface area (Å²) in [6.45, 7) is 4.12. The minimum Gasteiger partial charge on any atom is -0.480 e. The van der Waals surface area contributed by atoms with Crippen molar-refractivity contribution in [2.45, 2.75) is 31.3 Å². The van der Waals surface area contributed by atoms with Gasteiger partial charge in [-0.15, -0.1) is 0 Å². The molecule has 16 heavy (non-hydrogen) atoms. The summed E-state index contributed by atoms with van der Waals surface area (Å²) in [6, 6.07) is 0.216. The van der Waals surface area contributed by atoms with Crippen molar-refractivity contribution in [3.63, 3.8) is 0 Å². The summed E-state index contributed by atoms with van der Waals surface area (Å²) in [7, 11) is 0. The number of morpholine rings is 1. The van der Waals surface area contributed by atoms with Crippen LogP contribution in [0.5, 0.6) is 0 Å². The summed E-state index contributed by atoms with van der Waals surface area (Å²) in [6.07, 6.45) is 1.52. The van der Waals surface area contributed by atoms with Gasteiger partial charge in [0, 0.05) is 12.6 Å². The van der Waals surface area contributed by atoms with E-state index in [0.717, 1.165) is 30.9 Å². The molecule has 2 aliphatic rings. The van der Waals surface area contributed by atoms with Gasteiger partial charge in [-0.2, -0.15) is 11.8 Å². The van der Waals surface area contributed by atoms with Crippen LogP contribution in [0.4, 0.5) is 0 Å². The first-order chi connectivity index (χ1) is 7.67. The van der Waals surface area contributed by atoms with Crippen LogP contribution in [0.2, 0.25) is 0 Å². The van der Waals surface area contributed by atoms with Crippen molar-refractivity contribution in [2.24, 2.45) is 0 Å². The summed E-state index contributed by atoms with van der Waals surface area (Å²) in [5, 5.41) is 9.57. The molecule has 4 nitrogen and oxygen atoms in total. The Bertz CT molecular complexity index is 266. The van der Waals surface area contributed by atoms with Crippen LogP contribution in [0.25, 0.3) is 0 Å². The molecule has 0 amide bonds. The van der Waals surface area contributed by atoms with E-state index in [9.17, 15) is 9.90 Å². The van der Waals surface area contributed by atoms with Gasteiger partial charge in [0.05, 0.1) is 13.2 Å². The third-order valence-electron chi connectivity index (χ3n) is 3.64. The van der Waals surface area contributed by atoms with Gasteiger partial charge in [0.1, 0.15) is 5.54 Å². The predicted octanol–water partition coefficient (Wildman–Crippen LogP) is 1.06. The summed E-state index contributed by atoms with van der Waals surface area (Å²) >= 11 is 1.86. The standard InChI is InChI=1S/C11H19NO3S/c1-9-8-15-5-4-12(9)11(10(13)14)2-6-16-7-3-11/h9H,2-8H2,1H3,(H,13,14). The first kappa shape index (κ1) is 12.2. The van der Waals surface area contributed by atoms with E-state index in [2.05, 4.69) is 11.8 Å². The zero-order valence-electron chi connectivity index (χ0n) is 9.65. The molecule has 0 bridgehead atoms. The molecule has 0 aromatic heterocycles. The highest BCUT2D eigenvalue weighted by atomic mass is 32.2. The second-order valence-electron chi connectivity index (χ2n) is 4.57. The molecule has 2 aliphatic heterocycles. The van der Waals surface area contributed by atoms with Crippen LogP contribution in [0.3, 0.4) is 0 Å². The summed E-state index contributed by atoms with van der Waals surface area (Å²) < 4.78 is 5.39. The quantitative estimate of drug-likeness (QED) is 0.788. The fourth-order valence-electron chi connectivity index (χ4n) is 2.70. The number of ether oxygens (including phenoxy) is 1.